The van der Waals surface area contributed by atoms with Crippen LogP contribution in [0.15, 0.2) is 67.0 Å². The number of aromatic nitrogens is 1. The second-order valence-corrected chi connectivity index (χ2v) is 6.53. The second kappa shape index (κ2) is 9.76. The number of nitrogens with zero attached hydrogens (tertiary/aromatic N) is 2. The monoisotopic (exact) mass is 378 g/mol. The number of benzene rings is 2. The fourth-order valence-corrected chi connectivity index (χ4v) is 3.15. The van der Waals surface area contributed by atoms with Crippen molar-refractivity contribution in [3.8, 4) is 17.2 Å². The van der Waals surface area contributed by atoms with Crippen LogP contribution in [-0.4, -0.2) is 31.2 Å². The van der Waals surface area contributed by atoms with Crippen molar-refractivity contribution >= 4 is 0 Å². The average molecular weight is 378 g/mol. The first-order valence-corrected chi connectivity index (χ1v) is 9.17. The molecule has 28 heavy (non-hydrogen) atoms. The minimum absolute atomic E-state index is 0.731. The first-order chi connectivity index (χ1) is 13.7. The molecule has 3 rings (SSSR count). The molecular weight excluding hydrogens is 352 g/mol. The van der Waals surface area contributed by atoms with Crippen molar-refractivity contribution < 1.29 is 14.2 Å². The summed E-state index contributed by atoms with van der Waals surface area (Å²) in [6, 6.07) is 18.2. The van der Waals surface area contributed by atoms with Gasteiger partial charge in [0, 0.05) is 37.6 Å². The second-order valence-electron chi connectivity index (χ2n) is 6.53. The summed E-state index contributed by atoms with van der Waals surface area (Å²) in [7, 11) is 5.06. The molecule has 3 aromatic rings. The van der Waals surface area contributed by atoms with E-state index in [1.54, 1.807) is 21.3 Å². The Labute approximate surface area is 166 Å². The van der Waals surface area contributed by atoms with Gasteiger partial charge in [0.05, 0.1) is 21.3 Å². The van der Waals surface area contributed by atoms with Crippen LogP contribution in [0.25, 0.3) is 0 Å². The van der Waals surface area contributed by atoms with Gasteiger partial charge in [-0.05, 0) is 53.6 Å². The molecule has 0 saturated heterocycles. The summed E-state index contributed by atoms with van der Waals surface area (Å²) in [6.07, 6.45) is 3.65. The molecule has 0 aliphatic carbocycles. The molecule has 0 fully saturated rings. The topological polar surface area (TPSA) is 43.8 Å². The Morgan fingerprint density at radius 3 is 1.89 bits per heavy atom. The van der Waals surface area contributed by atoms with Gasteiger partial charge in [0.15, 0.2) is 0 Å². The van der Waals surface area contributed by atoms with Gasteiger partial charge in [-0.15, -0.1) is 0 Å². The Hall–Kier alpha value is -3.05. The molecule has 5 nitrogen and oxygen atoms in total. The number of pyridine rings is 1. The number of hydrogen-bond donors (Lipinski definition) is 0. The third-order valence-corrected chi connectivity index (χ3v) is 4.60. The molecule has 0 aliphatic heterocycles. The Morgan fingerprint density at radius 2 is 1.29 bits per heavy atom. The van der Waals surface area contributed by atoms with E-state index >= 15 is 0 Å². The van der Waals surface area contributed by atoms with E-state index in [4.69, 9.17) is 14.2 Å². The van der Waals surface area contributed by atoms with Crippen molar-refractivity contribution in [2.75, 3.05) is 21.3 Å². The highest BCUT2D eigenvalue weighted by atomic mass is 16.5. The van der Waals surface area contributed by atoms with Gasteiger partial charge in [-0.2, -0.15) is 0 Å². The molecular formula is C23H26N2O3. The lowest BCUT2D eigenvalue weighted by atomic mass is 10.1. The van der Waals surface area contributed by atoms with Gasteiger partial charge < -0.3 is 14.2 Å². The van der Waals surface area contributed by atoms with Crippen LogP contribution < -0.4 is 14.2 Å². The van der Waals surface area contributed by atoms with Crippen molar-refractivity contribution in [2.45, 2.75) is 19.6 Å². The first kappa shape index (κ1) is 19.7. The number of hydrogen-bond acceptors (Lipinski definition) is 5. The van der Waals surface area contributed by atoms with Crippen molar-refractivity contribution in [3.05, 3.63) is 83.7 Å². The van der Waals surface area contributed by atoms with Crippen LogP contribution in [0.4, 0.5) is 0 Å². The molecule has 146 valence electrons. The lowest BCUT2D eigenvalue weighted by molar-refractivity contribution is 0.243. The summed E-state index contributed by atoms with van der Waals surface area (Å²) < 4.78 is 16.2. The van der Waals surface area contributed by atoms with Gasteiger partial charge in [-0.3, -0.25) is 9.88 Å². The molecule has 0 amide bonds. The zero-order valence-electron chi connectivity index (χ0n) is 16.6. The molecule has 0 saturated carbocycles. The molecule has 5 heteroatoms. The standard InChI is InChI=1S/C23H26N2O3/c1-26-21-6-4-18(5-7-21)15-25(16-19-10-12-24-13-11-19)17-20-14-22(27-2)8-9-23(20)28-3/h4-14H,15-17H2,1-3H3. The maximum Gasteiger partial charge on any atom is 0.123 e. The smallest absolute Gasteiger partial charge is 0.123 e. The van der Waals surface area contributed by atoms with Crippen LogP contribution in [0, 0.1) is 0 Å². The SMILES string of the molecule is COc1ccc(CN(Cc2ccncc2)Cc2cc(OC)ccc2OC)cc1. The van der Waals surface area contributed by atoms with E-state index in [9.17, 15) is 0 Å². The van der Waals surface area contributed by atoms with Crippen LogP contribution in [0.2, 0.25) is 0 Å². The molecule has 0 unspecified atom stereocenters. The summed E-state index contributed by atoms with van der Waals surface area (Å²) in [4.78, 5) is 6.49. The molecule has 0 aliphatic rings. The largest absolute Gasteiger partial charge is 0.497 e. The van der Waals surface area contributed by atoms with Crippen molar-refractivity contribution in [3.63, 3.8) is 0 Å². The van der Waals surface area contributed by atoms with Gasteiger partial charge >= 0.3 is 0 Å². The normalized spacial score (nSPS) is 10.7. The van der Waals surface area contributed by atoms with Crippen LogP contribution in [0.5, 0.6) is 17.2 Å². The maximum atomic E-state index is 5.57. The van der Waals surface area contributed by atoms with E-state index in [2.05, 4.69) is 22.0 Å². The van der Waals surface area contributed by atoms with Crippen LogP contribution in [0.1, 0.15) is 16.7 Å². The van der Waals surface area contributed by atoms with Crippen molar-refractivity contribution in [1.29, 1.82) is 0 Å². The molecule has 0 bridgehead atoms. The Bertz CT molecular complexity index is 867. The van der Waals surface area contributed by atoms with E-state index in [1.807, 2.05) is 54.9 Å². The number of methoxy groups -OCH3 is 3. The third kappa shape index (κ3) is 5.24. The van der Waals surface area contributed by atoms with Crippen LogP contribution >= 0.6 is 0 Å². The van der Waals surface area contributed by atoms with E-state index in [0.29, 0.717) is 0 Å². The van der Waals surface area contributed by atoms with Crippen LogP contribution in [-0.2, 0) is 19.6 Å². The fourth-order valence-electron chi connectivity index (χ4n) is 3.15. The highest BCUT2D eigenvalue weighted by Gasteiger charge is 2.13. The lowest BCUT2D eigenvalue weighted by Crippen LogP contribution is -2.22. The summed E-state index contributed by atoms with van der Waals surface area (Å²) in [5, 5.41) is 0. The predicted octanol–water partition coefficient (Wildman–Crippen LogP) is 4.31. The summed E-state index contributed by atoms with van der Waals surface area (Å²) in [5.41, 5.74) is 3.52. The zero-order valence-corrected chi connectivity index (χ0v) is 16.6. The van der Waals surface area contributed by atoms with Gasteiger partial charge in [0.25, 0.3) is 0 Å². The van der Waals surface area contributed by atoms with E-state index < -0.39 is 0 Å². The number of ether oxygens (including phenoxy) is 3. The predicted molar refractivity (Wildman–Crippen MR) is 110 cm³/mol. The maximum absolute atomic E-state index is 5.57. The molecule has 0 N–H and O–H groups in total. The minimum atomic E-state index is 0.731. The molecule has 0 spiro atoms. The van der Waals surface area contributed by atoms with Gasteiger partial charge in [0.1, 0.15) is 17.2 Å². The van der Waals surface area contributed by atoms with Crippen molar-refractivity contribution in [1.82, 2.24) is 9.88 Å². The molecule has 0 atom stereocenters. The Morgan fingerprint density at radius 1 is 0.679 bits per heavy atom. The van der Waals surface area contributed by atoms with E-state index in [1.165, 1.54) is 11.1 Å². The van der Waals surface area contributed by atoms with Gasteiger partial charge in [0.2, 0.25) is 0 Å². The van der Waals surface area contributed by atoms with E-state index in [-0.39, 0.29) is 0 Å². The summed E-state index contributed by atoms with van der Waals surface area (Å²) >= 11 is 0. The lowest BCUT2D eigenvalue weighted by Gasteiger charge is -2.24. The summed E-state index contributed by atoms with van der Waals surface area (Å²) in [6.45, 7) is 2.33. The third-order valence-electron chi connectivity index (χ3n) is 4.60. The fraction of sp³-hybridized carbons (Fsp3) is 0.261. The van der Waals surface area contributed by atoms with Crippen molar-refractivity contribution in [2.24, 2.45) is 0 Å². The quantitative estimate of drug-likeness (QED) is 0.555. The summed E-state index contributed by atoms with van der Waals surface area (Å²) in [5.74, 6) is 2.54. The molecule has 1 heterocycles. The molecule has 2 aromatic carbocycles. The Kier molecular flexibility index (Phi) is 6.87. The zero-order chi connectivity index (χ0) is 19.8. The minimum Gasteiger partial charge on any atom is -0.497 e. The Balaban J connectivity index is 1.85. The highest BCUT2D eigenvalue weighted by molar-refractivity contribution is 5.40. The molecule has 1 aromatic heterocycles. The number of rotatable bonds is 9. The van der Waals surface area contributed by atoms with E-state index in [0.717, 1.165) is 42.4 Å². The van der Waals surface area contributed by atoms with Crippen LogP contribution in [0.3, 0.4) is 0 Å². The first-order valence-electron chi connectivity index (χ1n) is 9.17. The average Bonchev–Trinajstić information content (AvgIpc) is 2.75. The van der Waals surface area contributed by atoms with Gasteiger partial charge in [-0.25, -0.2) is 0 Å². The highest BCUT2D eigenvalue weighted by Crippen LogP contribution is 2.26. The van der Waals surface area contributed by atoms with Gasteiger partial charge in [-0.1, -0.05) is 12.1 Å². The molecule has 0 radical (unpaired) electrons.